The third kappa shape index (κ3) is 4.08. The zero-order valence-corrected chi connectivity index (χ0v) is 15.7. The molecule has 1 saturated heterocycles. The summed E-state index contributed by atoms with van der Waals surface area (Å²) in [5.41, 5.74) is 2.54. The molecule has 1 aliphatic heterocycles. The van der Waals surface area contributed by atoms with E-state index in [1.54, 1.807) is 0 Å². The van der Waals surface area contributed by atoms with Crippen LogP contribution in [0.3, 0.4) is 0 Å². The molecule has 136 valence electrons. The predicted octanol–water partition coefficient (Wildman–Crippen LogP) is 2.47. The molecule has 2 aromatic heterocycles. The van der Waals surface area contributed by atoms with E-state index in [9.17, 15) is 4.79 Å². The van der Waals surface area contributed by atoms with Gasteiger partial charge < -0.3 is 19.3 Å². The quantitative estimate of drug-likeness (QED) is 0.876. The molecule has 0 aliphatic carbocycles. The summed E-state index contributed by atoms with van der Waals surface area (Å²) in [5, 5.41) is 7.91. The van der Waals surface area contributed by atoms with Gasteiger partial charge in [0.15, 0.2) is 0 Å². The molecule has 1 fully saturated rings. The van der Waals surface area contributed by atoms with Gasteiger partial charge in [-0.15, -0.1) is 11.3 Å². The van der Waals surface area contributed by atoms with Gasteiger partial charge in [-0.1, -0.05) is 5.16 Å². The van der Waals surface area contributed by atoms with Crippen molar-refractivity contribution in [3.8, 4) is 0 Å². The van der Waals surface area contributed by atoms with E-state index < -0.39 is 0 Å². The molecule has 3 heterocycles. The van der Waals surface area contributed by atoms with Crippen LogP contribution in [0.15, 0.2) is 4.52 Å². The number of ether oxygens (including phenoxy) is 2. The molecule has 0 spiro atoms. The van der Waals surface area contributed by atoms with Gasteiger partial charge in [-0.25, -0.2) is 4.98 Å². The number of carbonyl (C=O) groups excluding carboxylic acids is 1. The summed E-state index contributed by atoms with van der Waals surface area (Å²) in [6.07, 6.45) is 0.509. The molecule has 0 aromatic carbocycles. The van der Waals surface area contributed by atoms with Crippen LogP contribution in [0.25, 0.3) is 0 Å². The van der Waals surface area contributed by atoms with E-state index >= 15 is 0 Å². The van der Waals surface area contributed by atoms with Crippen LogP contribution in [-0.4, -0.2) is 41.4 Å². The number of aryl methyl sites for hydroxylation is 4. The van der Waals surface area contributed by atoms with Crippen molar-refractivity contribution >= 4 is 17.2 Å². The number of hydrogen-bond donors (Lipinski definition) is 1. The molecule has 0 bridgehead atoms. The van der Waals surface area contributed by atoms with E-state index in [1.807, 2.05) is 27.7 Å². The Hall–Kier alpha value is -1.77. The Kier molecular flexibility index (Phi) is 5.51. The van der Waals surface area contributed by atoms with Crippen molar-refractivity contribution in [1.82, 2.24) is 15.5 Å². The van der Waals surface area contributed by atoms with Gasteiger partial charge in [0, 0.05) is 12.2 Å². The van der Waals surface area contributed by atoms with Crippen LogP contribution in [-0.2, 0) is 16.1 Å². The Balaban J connectivity index is 1.64. The van der Waals surface area contributed by atoms with Crippen molar-refractivity contribution in [2.24, 2.45) is 0 Å². The fourth-order valence-corrected chi connectivity index (χ4v) is 3.74. The summed E-state index contributed by atoms with van der Waals surface area (Å²) in [5.74, 6) is 0.659. The van der Waals surface area contributed by atoms with E-state index in [4.69, 9.17) is 14.0 Å². The van der Waals surface area contributed by atoms with Crippen molar-refractivity contribution in [3.05, 3.63) is 32.6 Å². The maximum atomic E-state index is 12.6. The number of amides is 1. The van der Waals surface area contributed by atoms with Crippen molar-refractivity contribution < 1.29 is 18.8 Å². The maximum Gasteiger partial charge on any atom is 0.263 e. The Bertz CT molecular complexity index is 736. The van der Waals surface area contributed by atoms with E-state index in [-0.39, 0.29) is 18.1 Å². The highest BCUT2D eigenvalue weighted by atomic mass is 32.1. The second-order valence-electron chi connectivity index (χ2n) is 6.24. The topological polar surface area (TPSA) is 86.5 Å². The van der Waals surface area contributed by atoms with E-state index in [0.29, 0.717) is 24.7 Å². The zero-order chi connectivity index (χ0) is 18.0. The van der Waals surface area contributed by atoms with Crippen molar-refractivity contribution in [1.29, 1.82) is 0 Å². The lowest BCUT2D eigenvalue weighted by molar-refractivity contribution is -0.0738. The molecule has 0 saturated carbocycles. The Labute approximate surface area is 150 Å². The summed E-state index contributed by atoms with van der Waals surface area (Å²) >= 11 is 1.41. The first kappa shape index (κ1) is 18.0. The molecule has 0 radical (unpaired) electrons. The van der Waals surface area contributed by atoms with Crippen LogP contribution in [0.4, 0.5) is 0 Å². The Morgan fingerprint density at radius 2 is 2.12 bits per heavy atom. The van der Waals surface area contributed by atoms with Crippen molar-refractivity contribution in [2.45, 2.75) is 52.9 Å². The first-order chi connectivity index (χ1) is 12.0. The minimum absolute atomic E-state index is 0.0940. The number of nitrogens with zero attached hydrogens (tertiary/aromatic N) is 2. The average Bonchev–Trinajstić information content (AvgIpc) is 3.08. The van der Waals surface area contributed by atoms with Gasteiger partial charge in [0.05, 0.1) is 35.7 Å². The monoisotopic (exact) mass is 365 g/mol. The summed E-state index contributed by atoms with van der Waals surface area (Å²) in [6.45, 7) is 8.96. The van der Waals surface area contributed by atoms with Crippen LogP contribution in [0.1, 0.15) is 43.8 Å². The third-order valence-corrected chi connectivity index (χ3v) is 5.42. The predicted molar refractivity (Wildman–Crippen MR) is 92.8 cm³/mol. The second kappa shape index (κ2) is 7.63. The van der Waals surface area contributed by atoms with Gasteiger partial charge in [-0.2, -0.15) is 0 Å². The van der Waals surface area contributed by atoms with Crippen LogP contribution in [0.2, 0.25) is 0 Å². The van der Waals surface area contributed by atoms with Crippen molar-refractivity contribution in [3.63, 3.8) is 0 Å². The molecule has 1 amide bonds. The van der Waals surface area contributed by atoms with Gasteiger partial charge in [0.25, 0.3) is 5.91 Å². The molecule has 2 unspecified atom stereocenters. The Morgan fingerprint density at radius 3 is 2.76 bits per heavy atom. The lowest BCUT2D eigenvalue weighted by Gasteiger charge is -2.32. The van der Waals surface area contributed by atoms with E-state index in [1.165, 1.54) is 11.3 Å². The van der Waals surface area contributed by atoms with E-state index in [0.717, 1.165) is 34.1 Å². The number of carbonyl (C=O) groups is 1. The summed E-state index contributed by atoms with van der Waals surface area (Å²) in [6, 6.07) is -0.0940. The lowest BCUT2D eigenvalue weighted by atomic mass is 10.1. The van der Waals surface area contributed by atoms with Crippen LogP contribution in [0.5, 0.6) is 0 Å². The van der Waals surface area contributed by atoms with Gasteiger partial charge in [-0.05, 0) is 34.1 Å². The maximum absolute atomic E-state index is 12.6. The van der Waals surface area contributed by atoms with Gasteiger partial charge in [-0.3, -0.25) is 4.79 Å². The normalized spacial score (nSPS) is 20.6. The summed E-state index contributed by atoms with van der Waals surface area (Å²) in [7, 11) is 0. The smallest absolute Gasteiger partial charge is 0.263 e. The van der Waals surface area contributed by atoms with Gasteiger partial charge in [0.1, 0.15) is 16.7 Å². The molecule has 2 aromatic rings. The number of thiazole rings is 1. The van der Waals surface area contributed by atoms with Crippen molar-refractivity contribution in [2.75, 3.05) is 13.2 Å². The van der Waals surface area contributed by atoms with Crippen LogP contribution < -0.4 is 5.32 Å². The fourth-order valence-electron chi connectivity index (χ4n) is 2.92. The number of hydrogen-bond acceptors (Lipinski definition) is 7. The standard InChI is InChI=1S/C17H23N3O4S/c1-9-13(11(3)24-20-9)7-23-15-8-22-6-5-14(15)19-17(21)16-10(2)18-12(4)25-16/h14-15H,5-8H2,1-4H3,(H,19,21). The number of nitrogens with one attached hydrogen (secondary N) is 1. The average molecular weight is 365 g/mol. The minimum atomic E-state index is -0.208. The molecule has 2 atom stereocenters. The zero-order valence-electron chi connectivity index (χ0n) is 14.9. The van der Waals surface area contributed by atoms with Crippen LogP contribution >= 0.6 is 11.3 Å². The first-order valence-electron chi connectivity index (χ1n) is 8.31. The second-order valence-corrected chi connectivity index (χ2v) is 7.45. The SMILES string of the molecule is Cc1nc(C)c(C(=O)NC2CCOCC2OCc2c(C)noc2C)s1. The molecule has 3 rings (SSSR count). The van der Waals surface area contributed by atoms with Crippen LogP contribution in [0, 0.1) is 27.7 Å². The molecule has 1 aliphatic rings. The first-order valence-corrected chi connectivity index (χ1v) is 9.13. The van der Waals surface area contributed by atoms with Gasteiger partial charge >= 0.3 is 0 Å². The largest absolute Gasteiger partial charge is 0.379 e. The highest BCUT2D eigenvalue weighted by Gasteiger charge is 2.29. The highest BCUT2D eigenvalue weighted by molar-refractivity contribution is 7.13. The highest BCUT2D eigenvalue weighted by Crippen LogP contribution is 2.20. The molecule has 1 N–H and O–H groups in total. The number of rotatable bonds is 5. The minimum Gasteiger partial charge on any atom is -0.379 e. The molecule has 25 heavy (non-hydrogen) atoms. The summed E-state index contributed by atoms with van der Waals surface area (Å²) < 4.78 is 16.7. The Morgan fingerprint density at radius 1 is 1.32 bits per heavy atom. The van der Waals surface area contributed by atoms with Gasteiger partial charge in [0.2, 0.25) is 0 Å². The molecule has 8 heteroatoms. The third-order valence-electron chi connectivity index (χ3n) is 4.35. The summed E-state index contributed by atoms with van der Waals surface area (Å²) in [4.78, 5) is 17.6. The molecule has 7 nitrogen and oxygen atoms in total. The molecular weight excluding hydrogens is 342 g/mol. The molecular formula is C17H23N3O4S. The number of aromatic nitrogens is 2. The van der Waals surface area contributed by atoms with E-state index in [2.05, 4.69) is 15.5 Å². The lowest BCUT2D eigenvalue weighted by Crippen LogP contribution is -2.49. The fraction of sp³-hybridized carbons (Fsp3) is 0.588.